The summed E-state index contributed by atoms with van der Waals surface area (Å²) in [7, 11) is -1.52. The van der Waals surface area contributed by atoms with Gasteiger partial charge in [0.25, 0.3) is 0 Å². The number of rotatable bonds is 3. The van der Waals surface area contributed by atoms with Gasteiger partial charge in [0.05, 0.1) is 24.0 Å². The first-order valence-electron chi connectivity index (χ1n) is 7.99. The maximum Gasteiger partial charge on any atom is 0.317 e. The normalized spacial score (nSPS) is 30.9. The SMILES string of the molecule is COC(=O)[C@]1(C)CN(C(=O)NCC2CCS(=O)(=O)CC2)C[C@H]1C. The van der Waals surface area contributed by atoms with E-state index in [0.29, 0.717) is 32.5 Å². The lowest BCUT2D eigenvalue weighted by Crippen LogP contribution is -2.43. The molecule has 2 aliphatic heterocycles. The molecule has 0 bridgehead atoms. The Balaban J connectivity index is 1.84. The van der Waals surface area contributed by atoms with Crippen LogP contribution in [0.2, 0.25) is 0 Å². The summed E-state index contributed by atoms with van der Waals surface area (Å²) in [5.41, 5.74) is -0.676. The van der Waals surface area contributed by atoms with Crippen LogP contribution < -0.4 is 5.32 Å². The molecule has 0 spiro atoms. The van der Waals surface area contributed by atoms with Crippen LogP contribution in [0.25, 0.3) is 0 Å². The molecular weight excluding hydrogens is 320 g/mol. The van der Waals surface area contributed by atoms with Crippen LogP contribution in [0.1, 0.15) is 26.7 Å². The van der Waals surface area contributed by atoms with Gasteiger partial charge in [-0.25, -0.2) is 13.2 Å². The van der Waals surface area contributed by atoms with Gasteiger partial charge in [0.1, 0.15) is 9.84 Å². The van der Waals surface area contributed by atoms with Crippen molar-refractivity contribution < 1.29 is 22.7 Å². The molecule has 23 heavy (non-hydrogen) atoms. The summed E-state index contributed by atoms with van der Waals surface area (Å²) in [5, 5.41) is 2.88. The molecule has 0 aromatic heterocycles. The predicted octanol–water partition coefficient (Wildman–Crippen LogP) is 0.652. The summed E-state index contributed by atoms with van der Waals surface area (Å²) in [6.07, 6.45) is 1.19. The summed E-state index contributed by atoms with van der Waals surface area (Å²) in [6.45, 7) is 5.09. The molecule has 1 N–H and O–H groups in total. The van der Waals surface area contributed by atoms with Crippen LogP contribution in [0.3, 0.4) is 0 Å². The molecule has 0 aliphatic carbocycles. The van der Waals surface area contributed by atoms with Gasteiger partial charge >= 0.3 is 12.0 Å². The van der Waals surface area contributed by atoms with Crippen LogP contribution in [-0.2, 0) is 19.4 Å². The van der Waals surface area contributed by atoms with Gasteiger partial charge in [0, 0.05) is 19.6 Å². The Kier molecular flexibility index (Phi) is 5.23. The second kappa shape index (κ2) is 6.67. The number of nitrogens with zero attached hydrogens (tertiary/aromatic N) is 1. The fraction of sp³-hybridized carbons (Fsp3) is 0.867. The van der Waals surface area contributed by atoms with Crippen molar-refractivity contribution in [2.75, 3.05) is 38.2 Å². The molecule has 2 fully saturated rings. The lowest BCUT2D eigenvalue weighted by atomic mass is 9.81. The van der Waals surface area contributed by atoms with Gasteiger partial charge < -0.3 is 15.0 Å². The fourth-order valence-electron chi connectivity index (χ4n) is 3.29. The van der Waals surface area contributed by atoms with E-state index in [-0.39, 0.29) is 35.3 Å². The minimum Gasteiger partial charge on any atom is -0.469 e. The van der Waals surface area contributed by atoms with E-state index in [2.05, 4.69) is 5.32 Å². The van der Waals surface area contributed by atoms with Crippen LogP contribution in [0, 0.1) is 17.3 Å². The Morgan fingerprint density at radius 2 is 1.91 bits per heavy atom. The molecule has 0 unspecified atom stereocenters. The zero-order chi connectivity index (χ0) is 17.3. The monoisotopic (exact) mass is 346 g/mol. The van der Waals surface area contributed by atoms with Gasteiger partial charge in [0.2, 0.25) is 0 Å². The first-order valence-corrected chi connectivity index (χ1v) is 9.81. The summed E-state index contributed by atoms with van der Waals surface area (Å²) < 4.78 is 27.7. The highest BCUT2D eigenvalue weighted by Gasteiger charge is 2.48. The molecule has 2 atom stereocenters. The van der Waals surface area contributed by atoms with Crippen molar-refractivity contribution in [1.82, 2.24) is 10.2 Å². The number of urea groups is 1. The smallest absolute Gasteiger partial charge is 0.317 e. The Morgan fingerprint density at radius 1 is 1.30 bits per heavy atom. The molecule has 0 saturated carbocycles. The van der Waals surface area contributed by atoms with E-state index in [4.69, 9.17) is 4.74 Å². The zero-order valence-electron chi connectivity index (χ0n) is 14.0. The van der Waals surface area contributed by atoms with Crippen LogP contribution in [0.5, 0.6) is 0 Å². The molecule has 8 heteroatoms. The molecule has 2 saturated heterocycles. The van der Waals surface area contributed by atoms with Crippen molar-refractivity contribution in [3.05, 3.63) is 0 Å². The van der Waals surface area contributed by atoms with Gasteiger partial charge in [-0.05, 0) is 31.6 Å². The Labute approximate surface area is 137 Å². The van der Waals surface area contributed by atoms with E-state index >= 15 is 0 Å². The van der Waals surface area contributed by atoms with Gasteiger partial charge in [0.15, 0.2) is 0 Å². The van der Waals surface area contributed by atoms with Crippen molar-refractivity contribution in [3.8, 4) is 0 Å². The van der Waals surface area contributed by atoms with Crippen molar-refractivity contribution in [3.63, 3.8) is 0 Å². The molecule has 2 heterocycles. The van der Waals surface area contributed by atoms with Gasteiger partial charge in [-0.2, -0.15) is 0 Å². The van der Waals surface area contributed by atoms with Gasteiger partial charge in [-0.1, -0.05) is 6.92 Å². The number of hydrogen-bond donors (Lipinski definition) is 1. The number of sulfone groups is 1. The van der Waals surface area contributed by atoms with Crippen molar-refractivity contribution in [1.29, 1.82) is 0 Å². The van der Waals surface area contributed by atoms with E-state index in [1.165, 1.54) is 7.11 Å². The maximum absolute atomic E-state index is 12.3. The lowest BCUT2D eigenvalue weighted by Gasteiger charge is -2.25. The number of esters is 1. The minimum atomic E-state index is -2.88. The highest BCUT2D eigenvalue weighted by Crippen LogP contribution is 2.36. The van der Waals surface area contributed by atoms with Crippen molar-refractivity contribution >= 4 is 21.8 Å². The predicted molar refractivity (Wildman–Crippen MR) is 85.6 cm³/mol. The largest absolute Gasteiger partial charge is 0.469 e. The minimum absolute atomic E-state index is 0.0283. The third-order valence-electron chi connectivity index (χ3n) is 5.26. The summed E-state index contributed by atoms with van der Waals surface area (Å²) in [4.78, 5) is 25.9. The molecule has 0 aromatic carbocycles. The van der Waals surface area contributed by atoms with E-state index in [9.17, 15) is 18.0 Å². The molecule has 132 valence electrons. The lowest BCUT2D eigenvalue weighted by molar-refractivity contribution is -0.152. The zero-order valence-corrected chi connectivity index (χ0v) is 14.8. The molecule has 0 aromatic rings. The van der Waals surface area contributed by atoms with Crippen LogP contribution in [0.15, 0.2) is 0 Å². The average Bonchev–Trinajstić information content (AvgIpc) is 2.82. The number of hydrogen-bond acceptors (Lipinski definition) is 5. The average molecular weight is 346 g/mol. The van der Waals surface area contributed by atoms with E-state index in [1.807, 2.05) is 13.8 Å². The fourth-order valence-corrected chi connectivity index (χ4v) is 4.88. The molecule has 2 aliphatic rings. The quantitative estimate of drug-likeness (QED) is 0.758. The highest BCUT2D eigenvalue weighted by molar-refractivity contribution is 7.91. The number of ether oxygens (including phenoxy) is 1. The first-order chi connectivity index (χ1) is 10.7. The Hall–Kier alpha value is -1.31. The Morgan fingerprint density at radius 3 is 2.48 bits per heavy atom. The van der Waals surface area contributed by atoms with E-state index < -0.39 is 15.3 Å². The topological polar surface area (TPSA) is 92.8 Å². The molecular formula is C15H26N2O5S. The number of methoxy groups -OCH3 is 1. The molecule has 2 amide bonds. The highest BCUT2D eigenvalue weighted by atomic mass is 32.2. The standard InChI is InChI=1S/C15H26N2O5S/c1-11-9-17(10-15(11,2)13(18)22-3)14(19)16-8-12-4-6-23(20,21)7-5-12/h11-12H,4-10H2,1-3H3,(H,16,19)/t11-,15-/m1/s1. The summed E-state index contributed by atoms with van der Waals surface area (Å²) >= 11 is 0. The molecule has 2 rings (SSSR count). The molecule has 0 radical (unpaired) electrons. The second-order valence-corrected chi connectivity index (χ2v) is 9.28. The second-order valence-electron chi connectivity index (χ2n) is 6.97. The Bertz CT molecular complexity index is 562. The number of carbonyl (C=O) groups excluding carboxylic acids is 2. The number of likely N-dealkylation sites (tertiary alicyclic amines) is 1. The maximum atomic E-state index is 12.3. The number of amides is 2. The van der Waals surface area contributed by atoms with Crippen LogP contribution in [0.4, 0.5) is 4.79 Å². The summed E-state index contributed by atoms with van der Waals surface area (Å²) in [5.74, 6) is 0.344. The van der Waals surface area contributed by atoms with Gasteiger partial charge in [-0.15, -0.1) is 0 Å². The van der Waals surface area contributed by atoms with Crippen molar-refractivity contribution in [2.45, 2.75) is 26.7 Å². The van der Waals surface area contributed by atoms with Crippen LogP contribution in [-0.4, -0.2) is 63.6 Å². The first kappa shape index (κ1) is 18.0. The van der Waals surface area contributed by atoms with Crippen molar-refractivity contribution in [2.24, 2.45) is 17.3 Å². The third-order valence-corrected chi connectivity index (χ3v) is 6.97. The van der Waals surface area contributed by atoms with Crippen LogP contribution >= 0.6 is 0 Å². The number of carbonyl (C=O) groups is 2. The summed E-state index contributed by atoms with van der Waals surface area (Å²) in [6, 6.07) is -0.196. The third kappa shape index (κ3) is 3.97. The number of nitrogens with one attached hydrogen (secondary N) is 1. The van der Waals surface area contributed by atoms with E-state index in [1.54, 1.807) is 4.90 Å². The van der Waals surface area contributed by atoms with E-state index in [0.717, 1.165) is 0 Å². The molecule has 7 nitrogen and oxygen atoms in total. The van der Waals surface area contributed by atoms with Gasteiger partial charge in [-0.3, -0.25) is 4.79 Å².